The maximum absolute atomic E-state index is 14.2. The summed E-state index contributed by atoms with van der Waals surface area (Å²) in [4.78, 5) is 32.4. The van der Waals surface area contributed by atoms with E-state index in [0.717, 1.165) is 51.9 Å². The summed E-state index contributed by atoms with van der Waals surface area (Å²) >= 11 is 0. The van der Waals surface area contributed by atoms with Gasteiger partial charge in [-0.15, -0.1) is 0 Å². The number of hydrogen-bond donors (Lipinski definition) is 3. The minimum Gasteiger partial charge on any atom is -0.497 e. The van der Waals surface area contributed by atoms with E-state index in [1.807, 2.05) is 71.8 Å². The Hall–Kier alpha value is -4.70. The van der Waals surface area contributed by atoms with Crippen LogP contribution in [0.3, 0.4) is 0 Å². The number of nitrogens with zero attached hydrogens (tertiary/aromatic N) is 1. The summed E-state index contributed by atoms with van der Waals surface area (Å²) in [7, 11) is -0.495. The number of rotatable bonds is 12. The second-order valence-corrected chi connectivity index (χ2v) is 20.1. The fraction of sp³-hybridized carbons (Fsp3) is 0.364. The first-order valence-electron chi connectivity index (χ1n) is 18.9. The number of H-pyrrole nitrogens is 1. The van der Waals surface area contributed by atoms with Crippen LogP contribution in [0.1, 0.15) is 42.0 Å². The third-order valence-corrected chi connectivity index (χ3v) is 16.2. The standard InChI is InChI=1S/C44H51N3O5Si/c1-29-40(21-16-30-10-9-13-34(22-30)46-42(49)24-33-26-45-39-15-8-7-14-38(33)39)52-41(44(29)53(3,4)37-19-17-36(51-2)18-20-37)25-43(50)47-27-32-12-6-5-11-31(32)23-35(47)28-48/h5-15,17-20,22,26,29,35,40-41,44-45,48H,16,21,23-25,27-28H2,1-4H3,(H,46,49)/t29-,35-,40+,41-,44+/m0/s1. The molecule has 2 aliphatic heterocycles. The Morgan fingerprint density at radius 3 is 2.49 bits per heavy atom. The number of carbonyl (C=O) groups excluding carboxylic acids is 2. The van der Waals surface area contributed by atoms with Gasteiger partial charge in [-0.2, -0.15) is 0 Å². The number of benzene rings is 4. The van der Waals surface area contributed by atoms with Crippen molar-refractivity contribution in [1.29, 1.82) is 0 Å². The summed E-state index contributed by atoms with van der Waals surface area (Å²) in [6.45, 7) is 7.53. The Morgan fingerprint density at radius 1 is 0.962 bits per heavy atom. The van der Waals surface area contributed by atoms with Crippen LogP contribution in [0.5, 0.6) is 5.75 Å². The van der Waals surface area contributed by atoms with Crippen LogP contribution in [0.25, 0.3) is 10.9 Å². The van der Waals surface area contributed by atoms with E-state index in [1.165, 1.54) is 10.8 Å². The van der Waals surface area contributed by atoms with Gasteiger partial charge in [0.25, 0.3) is 0 Å². The number of hydrogen-bond acceptors (Lipinski definition) is 5. The van der Waals surface area contributed by atoms with Gasteiger partial charge < -0.3 is 29.8 Å². The molecule has 1 aromatic heterocycles. The largest absolute Gasteiger partial charge is 0.497 e. The normalized spacial score (nSPS) is 21.4. The van der Waals surface area contributed by atoms with Crippen LogP contribution in [0.4, 0.5) is 5.69 Å². The van der Waals surface area contributed by atoms with Crippen molar-refractivity contribution >= 4 is 41.7 Å². The number of methoxy groups -OCH3 is 1. The number of amides is 2. The third-order valence-electron chi connectivity index (χ3n) is 11.8. The summed E-state index contributed by atoms with van der Waals surface area (Å²) in [5.74, 6) is 1.04. The lowest BCUT2D eigenvalue weighted by Gasteiger charge is -2.39. The van der Waals surface area contributed by atoms with Crippen LogP contribution < -0.4 is 15.2 Å². The predicted molar refractivity (Wildman–Crippen MR) is 213 cm³/mol. The quantitative estimate of drug-likeness (QED) is 0.120. The number of fused-ring (bicyclic) bond motifs is 2. The van der Waals surface area contributed by atoms with Gasteiger partial charge in [0, 0.05) is 29.3 Å². The van der Waals surface area contributed by atoms with Crippen molar-refractivity contribution in [2.45, 2.75) is 82.5 Å². The highest BCUT2D eigenvalue weighted by Crippen LogP contribution is 2.47. The Kier molecular flexibility index (Phi) is 10.9. The van der Waals surface area contributed by atoms with E-state index in [-0.39, 0.29) is 54.6 Å². The Bertz CT molecular complexity index is 2060. The molecular formula is C44H51N3O5Si. The number of nitrogens with one attached hydrogen (secondary N) is 2. The first-order chi connectivity index (χ1) is 25.6. The van der Waals surface area contributed by atoms with E-state index in [1.54, 1.807) is 7.11 Å². The third kappa shape index (κ3) is 7.83. The number of aliphatic hydroxyl groups excluding tert-OH is 1. The molecule has 9 heteroatoms. The molecule has 3 heterocycles. The van der Waals surface area contributed by atoms with Gasteiger partial charge in [-0.25, -0.2) is 0 Å². The fourth-order valence-corrected chi connectivity index (χ4v) is 13.0. The first kappa shape index (κ1) is 36.6. The van der Waals surface area contributed by atoms with Gasteiger partial charge in [0.15, 0.2) is 0 Å². The van der Waals surface area contributed by atoms with Crippen LogP contribution >= 0.6 is 0 Å². The minimum absolute atomic E-state index is 0.0290. The summed E-state index contributed by atoms with van der Waals surface area (Å²) in [6.07, 6.45) is 4.46. The Labute approximate surface area is 313 Å². The van der Waals surface area contributed by atoms with Gasteiger partial charge >= 0.3 is 0 Å². The molecule has 1 saturated heterocycles. The predicted octanol–water partition coefficient (Wildman–Crippen LogP) is 7.02. The molecule has 0 saturated carbocycles. The van der Waals surface area contributed by atoms with Crippen LogP contribution in [-0.2, 0) is 40.1 Å². The molecular weight excluding hydrogens is 679 g/mol. The molecule has 3 N–H and O–H groups in total. The molecule has 0 bridgehead atoms. The second-order valence-electron chi connectivity index (χ2n) is 15.4. The van der Waals surface area contributed by atoms with Crippen LogP contribution in [0, 0.1) is 5.92 Å². The summed E-state index contributed by atoms with van der Waals surface area (Å²) in [5.41, 5.74) is 6.45. The summed E-state index contributed by atoms with van der Waals surface area (Å²) in [5, 5.41) is 15.8. The molecule has 0 spiro atoms. The molecule has 4 aromatic carbocycles. The van der Waals surface area contributed by atoms with Gasteiger partial charge in [-0.05, 0) is 83.3 Å². The number of carbonyl (C=O) groups is 2. The highest BCUT2D eigenvalue weighted by atomic mass is 28.3. The number of aryl methyl sites for hydroxylation is 1. The maximum atomic E-state index is 14.2. The van der Waals surface area contributed by atoms with E-state index >= 15 is 0 Å². The lowest BCUT2D eigenvalue weighted by molar-refractivity contribution is -0.138. The Balaban J connectivity index is 1.06. The van der Waals surface area contributed by atoms with E-state index in [9.17, 15) is 14.7 Å². The number of aromatic amines is 1. The molecule has 1 fully saturated rings. The van der Waals surface area contributed by atoms with Gasteiger partial charge in [0.05, 0.1) is 52.9 Å². The summed E-state index contributed by atoms with van der Waals surface area (Å²) in [6, 6.07) is 32.5. The van der Waals surface area contributed by atoms with Gasteiger partial charge in [-0.3, -0.25) is 9.59 Å². The molecule has 8 nitrogen and oxygen atoms in total. The van der Waals surface area contributed by atoms with Crippen LogP contribution in [-0.4, -0.2) is 66.8 Å². The van der Waals surface area contributed by atoms with Gasteiger partial charge in [-0.1, -0.05) is 91.9 Å². The van der Waals surface area contributed by atoms with Gasteiger partial charge in [0.1, 0.15) is 5.75 Å². The van der Waals surface area contributed by atoms with E-state index in [2.05, 4.69) is 66.7 Å². The molecule has 0 aliphatic carbocycles. The SMILES string of the molecule is COc1ccc([Si](C)(C)[C@@H]2[C@@H](C)[C@@H](CCc3cccc(NC(=O)Cc4c[nH]c5ccccc45)c3)O[C@H]2CC(=O)N2Cc3ccccc3C[C@H]2CO)cc1. The highest BCUT2D eigenvalue weighted by molar-refractivity contribution is 6.91. The van der Waals surface area contributed by atoms with Crippen molar-refractivity contribution in [2.75, 3.05) is 19.0 Å². The average molecular weight is 730 g/mol. The first-order valence-corrected chi connectivity index (χ1v) is 21.9. The smallest absolute Gasteiger partial charge is 0.228 e. The van der Waals surface area contributed by atoms with Crippen molar-refractivity contribution in [3.8, 4) is 5.75 Å². The highest BCUT2D eigenvalue weighted by Gasteiger charge is 2.51. The van der Waals surface area contributed by atoms with Crippen molar-refractivity contribution < 1.29 is 24.2 Å². The number of para-hydroxylation sites is 1. The van der Waals surface area contributed by atoms with Crippen LogP contribution in [0.2, 0.25) is 18.6 Å². The molecule has 0 radical (unpaired) electrons. The van der Waals surface area contributed by atoms with Crippen molar-refractivity contribution in [3.63, 3.8) is 0 Å². The topological polar surface area (TPSA) is 104 Å². The average Bonchev–Trinajstić information content (AvgIpc) is 3.72. The van der Waals surface area contributed by atoms with E-state index < -0.39 is 8.07 Å². The van der Waals surface area contributed by atoms with Crippen molar-refractivity contribution in [2.24, 2.45) is 5.92 Å². The molecule has 7 rings (SSSR count). The zero-order valence-corrected chi connectivity index (χ0v) is 32.2. The molecule has 2 aliphatic rings. The zero-order chi connectivity index (χ0) is 37.1. The molecule has 5 atom stereocenters. The van der Waals surface area contributed by atoms with E-state index in [0.29, 0.717) is 19.4 Å². The molecule has 276 valence electrons. The molecule has 0 unspecified atom stereocenters. The maximum Gasteiger partial charge on any atom is 0.228 e. The number of aliphatic hydroxyl groups is 1. The lowest BCUT2D eigenvalue weighted by atomic mass is 9.93. The molecule has 53 heavy (non-hydrogen) atoms. The second kappa shape index (κ2) is 15.7. The summed E-state index contributed by atoms with van der Waals surface area (Å²) < 4.78 is 12.4. The number of anilines is 1. The number of aromatic nitrogens is 1. The van der Waals surface area contributed by atoms with E-state index in [4.69, 9.17) is 9.47 Å². The fourth-order valence-electron chi connectivity index (χ4n) is 8.95. The van der Waals surface area contributed by atoms with Crippen molar-refractivity contribution in [1.82, 2.24) is 9.88 Å². The van der Waals surface area contributed by atoms with Crippen molar-refractivity contribution in [3.05, 3.63) is 126 Å². The Morgan fingerprint density at radius 2 is 1.72 bits per heavy atom. The lowest BCUT2D eigenvalue weighted by Crippen LogP contribution is -2.52. The monoisotopic (exact) mass is 729 g/mol. The molecule has 5 aromatic rings. The zero-order valence-electron chi connectivity index (χ0n) is 31.2. The van der Waals surface area contributed by atoms with Crippen LogP contribution in [0.15, 0.2) is 103 Å². The minimum atomic E-state index is -2.18. The molecule has 2 amide bonds. The van der Waals surface area contributed by atoms with Gasteiger partial charge in [0.2, 0.25) is 11.8 Å². The number of ether oxygens (including phenoxy) is 2.